The zero-order valence-corrected chi connectivity index (χ0v) is 8.86. The number of halogens is 1. The molecule has 3 heteroatoms. The lowest BCUT2D eigenvalue weighted by Crippen LogP contribution is -2.38. The Labute approximate surface area is 89.3 Å². The fraction of sp³-hybridized carbons (Fsp3) is 0.500. The Morgan fingerprint density at radius 2 is 2.13 bits per heavy atom. The predicted octanol–water partition coefficient (Wildman–Crippen LogP) is 2.15. The van der Waals surface area contributed by atoms with Crippen LogP contribution in [0.4, 0.5) is 4.39 Å². The minimum Gasteiger partial charge on any atom is -0.508 e. The molecule has 15 heavy (non-hydrogen) atoms. The van der Waals surface area contributed by atoms with Gasteiger partial charge < -0.3 is 10.0 Å². The molecule has 0 spiro atoms. The Morgan fingerprint density at radius 1 is 1.40 bits per heavy atom. The quantitative estimate of drug-likeness (QED) is 0.766. The number of benzene rings is 1. The molecule has 2 nitrogen and oxygen atoms in total. The van der Waals surface area contributed by atoms with Crippen LogP contribution in [0.25, 0.3) is 0 Å². The van der Waals surface area contributed by atoms with E-state index in [-0.39, 0.29) is 11.7 Å². The van der Waals surface area contributed by atoms with E-state index in [2.05, 4.69) is 0 Å². The molecule has 0 aliphatic carbocycles. The third-order valence-electron chi connectivity index (χ3n) is 3.08. The van der Waals surface area contributed by atoms with Crippen molar-refractivity contribution < 1.29 is 9.50 Å². The van der Waals surface area contributed by atoms with Gasteiger partial charge in [-0.05, 0) is 31.6 Å². The van der Waals surface area contributed by atoms with Crippen LogP contribution < -0.4 is 0 Å². The Kier molecular flexibility index (Phi) is 2.91. The highest BCUT2D eigenvalue weighted by atomic mass is 19.1. The Balaban J connectivity index is 2.20. The summed E-state index contributed by atoms with van der Waals surface area (Å²) in [7, 11) is 1.92. The summed E-state index contributed by atoms with van der Waals surface area (Å²) < 4.78 is 13.8. The van der Waals surface area contributed by atoms with Crippen LogP contribution in [0.5, 0.6) is 5.75 Å². The molecule has 2 unspecified atom stereocenters. The van der Waals surface area contributed by atoms with Gasteiger partial charge in [0.05, 0.1) is 0 Å². The first-order valence-corrected chi connectivity index (χ1v) is 5.29. The van der Waals surface area contributed by atoms with E-state index in [4.69, 9.17) is 0 Å². The zero-order valence-electron chi connectivity index (χ0n) is 8.86. The van der Waals surface area contributed by atoms with Crippen LogP contribution in [0, 0.1) is 0 Å². The molecule has 0 radical (unpaired) electrons. The van der Waals surface area contributed by atoms with E-state index in [0.717, 1.165) is 18.5 Å². The van der Waals surface area contributed by atoms with E-state index in [0.29, 0.717) is 6.54 Å². The maximum Gasteiger partial charge on any atom is 0.120 e. The average molecular weight is 209 g/mol. The molecule has 2 atom stereocenters. The van der Waals surface area contributed by atoms with Gasteiger partial charge in [-0.3, -0.25) is 0 Å². The van der Waals surface area contributed by atoms with E-state index in [1.807, 2.05) is 24.1 Å². The van der Waals surface area contributed by atoms with Gasteiger partial charge in [0.25, 0.3) is 0 Å². The number of piperidine rings is 1. The van der Waals surface area contributed by atoms with Gasteiger partial charge in [0.2, 0.25) is 0 Å². The van der Waals surface area contributed by atoms with Crippen LogP contribution in [0.1, 0.15) is 17.9 Å². The fourth-order valence-electron chi connectivity index (χ4n) is 2.21. The highest BCUT2D eigenvalue weighted by Gasteiger charge is 2.30. The van der Waals surface area contributed by atoms with Crippen molar-refractivity contribution in [2.45, 2.75) is 18.5 Å². The zero-order chi connectivity index (χ0) is 10.8. The van der Waals surface area contributed by atoms with Gasteiger partial charge in [-0.1, -0.05) is 18.2 Å². The Hall–Kier alpha value is -1.09. The number of hydrogen-bond donors (Lipinski definition) is 1. The maximum absolute atomic E-state index is 13.8. The third-order valence-corrected chi connectivity index (χ3v) is 3.08. The molecule has 1 N–H and O–H groups in total. The number of phenolic OH excluding ortho intramolecular Hbond substituents is 1. The number of nitrogens with zero attached hydrogens (tertiary/aromatic N) is 1. The molecule has 0 bridgehead atoms. The molecule has 0 aromatic heterocycles. The standard InChI is InChI=1S/C12H16FNO/c1-14-7-6-9(11(13)8-14)10-4-2-3-5-12(10)15/h2-5,9,11,15H,6-8H2,1H3. The molecule has 1 aromatic carbocycles. The first-order valence-electron chi connectivity index (χ1n) is 5.29. The van der Waals surface area contributed by atoms with E-state index in [1.54, 1.807) is 12.1 Å². The van der Waals surface area contributed by atoms with Gasteiger partial charge in [0.1, 0.15) is 11.9 Å². The van der Waals surface area contributed by atoms with E-state index in [9.17, 15) is 9.50 Å². The number of phenols is 1. The number of aromatic hydroxyl groups is 1. The lowest BCUT2D eigenvalue weighted by molar-refractivity contribution is 0.138. The minimum atomic E-state index is -0.878. The first kappa shape index (κ1) is 10.4. The van der Waals surface area contributed by atoms with Crippen molar-refractivity contribution in [2.75, 3.05) is 20.1 Å². The second kappa shape index (κ2) is 4.19. The summed E-state index contributed by atoms with van der Waals surface area (Å²) in [6.07, 6.45) is -0.105. The van der Waals surface area contributed by atoms with Gasteiger partial charge in [-0.2, -0.15) is 0 Å². The van der Waals surface area contributed by atoms with Crippen molar-refractivity contribution in [2.24, 2.45) is 0 Å². The largest absolute Gasteiger partial charge is 0.508 e. The molecule has 1 aromatic rings. The molecule has 1 saturated heterocycles. The molecule has 1 aliphatic rings. The molecular formula is C12H16FNO. The topological polar surface area (TPSA) is 23.5 Å². The van der Waals surface area contributed by atoms with Crippen LogP contribution in [0.3, 0.4) is 0 Å². The Morgan fingerprint density at radius 3 is 2.80 bits per heavy atom. The van der Waals surface area contributed by atoms with Crippen molar-refractivity contribution in [3.63, 3.8) is 0 Å². The smallest absolute Gasteiger partial charge is 0.120 e. The van der Waals surface area contributed by atoms with Crippen LogP contribution in [0.15, 0.2) is 24.3 Å². The molecule has 0 amide bonds. The number of para-hydroxylation sites is 1. The maximum atomic E-state index is 13.8. The summed E-state index contributed by atoms with van der Waals surface area (Å²) in [5.74, 6) is 0.0668. The molecule has 82 valence electrons. The third kappa shape index (κ3) is 2.12. The minimum absolute atomic E-state index is 0.151. The van der Waals surface area contributed by atoms with Crippen molar-refractivity contribution in [3.8, 4) is 5.75 Å². The van der Waals surface area contributed by atoms with Crippen molar-refractivity contribution in [3.05, 3.63) is 29.8 Å². The average Bonchev–Trinajstić information content (AvgIpc) is 2.20. The summed E-state index contributed by atoms with van der Waals surface area (Å²) in [5.41, 5.74) is 0.748. The summed E-state index contributed by atoms with van der Waals surface area (Å²) in [6, 6.07) is 7.05. The van der Waals surface area contributed by atoms with Gasteiger partial charge in [-0.15, -0.1) is 0 Å². The second-order valence-electron chi connectivity index (χ2n) is 4.23. The fourth-order valence-corrected chi connectivity index (χ4v) is 2.21. The summed E-state index contributed by atoms with van der Waals surface area (Å²) in [6.45, 7) is 1.35. The van der Waals surface area contributed by atoms with Crippen LogP contribution >= 0.6 is 0 Å². The predicted molar refractivity (Wildman–Crippen MR) is 57.9 cm³/mol. The lowest BCUT2D eigenvalue weighted by Gasteiger charge is -2.32. The summed E-state index contributed by atoms with van der Waals surface area (Å²) in [4.78, 5) is 1.99. The molecule has 2 rings (SSSR count). The highest BCUT2D eigenvalue weighted by Crippen LogP contribution is 2.34. The van der Waals surface area contributed by atoms with Gasteiger partial charge in [-0.25, -0.2) is 4.39 Å². The molecule has 1 fully saturated rings. The van der Waals surface area contributed by atoms with E-state index in [1.165, 1.54) is 0 Å². The monoisotopic (exact) mass is 209 g/mol. The SMILES string of the molecule is CN1CCC(c2ccccc2O)C(F)C1. The second-order valence-corrected chi connectivity index (χ2v) is 4.23. The van der Waals surface area contributed by atoms with Crippen LogP contribution in [0.2, 0.25) is 0 Å². The van der Waals surface area contributed by atoms with Crippen molar-refractivity contribution in [1.29, 1.82) is 0 Å². The summed E-state index contributed by atoms with van der Waals surface area (Å²) in [5, 5.41) is 9.67. The number of alkyl halides is 1. The van der Waals surface area contributed by atoms with Crippen molar-refractivity contribution >= 4 is 0 Å². The van der Waals surface area contributed by atoms with Crippen molar-refractivity contribution in [1.82, 2.24) is 4.90 Å². The van der Waals surface area contributed by atoms with E-state index < -0.39 is 6.17 Å². The highest BCUT2D eigenvalue weighted by molar-refractivity contribution is 5.36. The van der Waals surface area contributed by atoms with Crippen LogP contribution in [-0.2, 0) is 0 Å². The number of hydrogen-bond acceptors (Lipinski definition) is 2. The van der Waals surface area contributed by atoms with Gasteiger partial charge in [0, 0.05) is 12.5 Å². The normalized spacial score (nSPS) is 27.9. The number of likely N-dealkylation sites (tertiary alicyclic amines) is 1. The molecule has 1 aliphatic heterocycles. The first-order chi connectivity index (χ1) is 7.18. The van der Waals surface area contributed by atoms with Gasteiger partial charge in [0.15, 0.2) is 0 Å². The summed E-state index contributed by atoms with van der Waals surface area (Å²) >= 11 is 0. The molecule has 1 heterocycles. The number of rotatable bonds is 1. The molecular weight excluding hydrogens is 193 g/mol. The van der Waals surface area contributed by atoms with Crippen LogP contribution in [-0.4, -0.2) is 36.3 Å². The lowest BCUT2D eigenvalue weighted by atomic mass is 9.87. The van der Waals surface area contributed by atoms with Gasteiger partial charge >= 0.3 is 0 Å². The molecule has 0 saturated carbocycles. The Bertz CT molecular complexity index is 342. The van der Waals surface area contributed by atoms with E-state index >= 15 is 0 Å².